The standard InChI is InChI=1S/C15H20ClN3/c1-10(2)19-13-8-11(16)4-5-12(13)18-14(19)9-15(17)6-3-7-15/h4-5,8,10H,3,6-7,9,17H2,1-2H3. The molecule has 19 heavy (non-hydrogen) atoms. The quantitative estimate of drug-likeness (QED) is 0.930. The van der Waals surface area contributed by atoms with E-state index in [-0.39, 0.29) is 5.54 Å². The van der Waals surface area contributed by atoms with E-state index in [0.717, 1.165) is 41.1 Å². The average molecular weight is 278 g/mol. The fourth-order valence-electron chi connectivity index (χ4n) is 2.94. The maximum Gasteiger partial charge on any atom is 0.111 e. The summed E-state index contributed by atoms with van der Waals surface area (Å²) in [5.41, 5.74) is 8.45. The summed E-state index contributed by atoms with van der Waals surface area (Å²) < 4.78 is 2.27. The number of benzene rings is 1. The Hall–Kier alpha value is -1.06. The van der Waals surface area contributed by atoms with Crippen molar-refractivity contribution in [2.75, 3.05) is 0 Å². The lowest BCUT2D eigenvalue weighted by atomic mass is 9.75. The van der Waals surface area contributed by atoms with E-state index in [1.165, 1.54) is 6.42 Å². The largest absolute Gasteiger partial charge is 0.325 e. The van der Waals surface area contributed by atoms with Crippen LogP contribution in [0.2, 0.25) is 5.02 Å². The van der Waals surface area contributed by atoms with Crippen LogP contribution in [0.1, 0.15) is 45.0 Å². The molecular weight excluding hydrogens is 258 g/mol. The van der Waals surface area contributed by atoms with Gasteiger partial charge in [-0.15, -0.1) is 0 Å². The van der Waals surface area contributed by atoms with Gasteiger partial charge < -0.3 is 10.3 Å². The maximum absolute atomic E-state index is 6.38. The molecule has 0 atom stereocenters. The summed E-state index contributed by atoms with van der Waals surface area (Å²) in [6.07, 6.45) is 4.31. The maximum atomic E-state index is 6.38. The minimum atomic E-state index is -0.0438. The van der Waals surface area contributed by atoms with Crippen molar-refractivity contribution in [2.45, 2.75) is 51.1 Å². The van der Waals surface area contributed by atoms with E-state index >= 15 is 0 Å². The highest BCUT2D eigenvalue weighted by Gasteiger charge is 2.34. The van der Waals surface area contributed by atoms with Gasteiger partial charge in [-0.1, -0.05) is 11.6 Å². The summed E-state index contributed by atoms with van der Waals surface area (Å²) in [5, 5.41) is 0.756. The van der Waals surface area contributed by atoms with Crippen LogP contribution in [-0.4, -0.2) is 15.1 Å². The number of rotatable bonds is 3. The second-order valence-corrected chi connectivity index (χ2v) is 6.45. The first-order valence-electron chi connectivity index (χ1n) is 6.94. The third-order valence-corrected chi connectivity index (χ3v) is 4.34. The Bertz CT molecular complexity index is 611. The van der Waals surface area contributed by atoms with Gasteiger partial charge in [0.25, 0.3) is 0 Å². The first-order chi connectivity index (χ1) is 8.98. The van der Waals surface area contributed by atoms with Crippen LogP contribution in [0.15, 0.2) is 18.2 Å². The Labute approximate surface area is 118 Å². The molecule has 102 valence electrons. The van der Waals surface area contributed by atoms with Gasteiger partial charge in [-0.3, -0.25) is 0 Å². The highest BCUT2D eigenvalue weighted by atomic mass is 35.5. The fourth-order valence-corrected chi connectivity index (χ4v) is 3.11. The van der Waals surface area contributed by atoms with Crippen LogP contribution in [0.3, 0.4) is 0 Å². The predicted octanol–water partition coefficient (Wildman–Crippen LogP) is 3.69. The van der Waals surface area contributed by atoms with Gasteiger partial charge >= 0.3 is 0 Å². The third-order valence-electron chi connectivity index (χ3n) is 4.10. The van der Waals surface area contributed by atoms with Crippen molar-refractivity contribution in [2.24, 2.45) is 5.73 Å². The van der Waals surface area contributed by atoms with Crippen molar-refractivity contribution < 1.29 is 0 Å². The molecule has 2 aromatic rings. The van der Waals surface area contributed by atoms with Crippen molar-refractivity contribution >= 4 is 22.6 Å². The van der Waals surface area contributed by atoms with Crippen molar-refractivity contribution in [3.05, 3.63) is 29.0 Å². The highest BCUT2D eigenvalue weighted by Crippen LogP contribution is 2.34. The summed E-state index contributed by atoms with van der Waals surface area (Å²) in [7, 11) is 0. The van der Waals surface area contributed by atoms with Crippen LogP contribution in [0.5, 0.6) is 0 Å². The summed E-state index contributed by atoms with van der Waals surface area (Å²) in [6, 6.07) is 6.25. The molecule has 1 aliphatic rings. The lowest BCUT2D eigenvalue weighted by Crippen LogP contribution is -2.49. The number of aromatic nitrogens is 2. The average Bonchev–Trinajstić information content (AvgIpc) is 2.64. The second-order valence-electron chi connectivity index (χ2n) is 6.02. The van der Waals surface area contributed by atoms with Crippen LogP contribution in [-0.2, 0) is 6.42 Å². The van der Waals surface area contributed by atoms with Crippen LogP contribution in [0.4, 0.5) is 0 Å². The van der Waals surface area contributed by atoms with Crippen LogP contribution in [0, 0.1) is 0 Å². The first kappa shape index (κ1) is 12.9. The Morgan fingerprint density at radius 2 is 2.16 bits per heavy atom. The molecule has 1 heterocycles. The zero-order valence-corrected chi connectivity index (χ0v) is 12.2. The minimum absolute atomic E-state index is 0.0438. The molecule has 1 saturated carbocycles. The molecule has 4 heteroatoms. The van der Waals surface area contributed by atoms with Crippen LogP contribution in [0.25, 0.3) is 11.0 Å². The zero-order chi connectivity index (χ0) is 13.6. The smallest absolute Gasteiger partial charge is 0.111 e. The van der Waals surface area contributed by atoms with Gasteiger partial charge in [0.15, 0.2) is 0 Å². The predicted molar refractivity (Wildman–Crippen MR) is 79.6 cm³/mol. The van der Waals surface area contributed by atoms with E-state index < -0.39 is 0 Å². The highest BCUT2D eigenvalue weighted by molar-refractivity contribution is 6.31. The monoisotopic (exact) mass is 277 g/mol. The number of nitrogens with zero attached hydrogens (tertiary/aromatic N) is 2. The molecule has 3 rings (SSSR count). The van der Waals surface area contributed by atoms with E-state index in [9.17, 15) is 0 Å². The zero-order valence-electron chi connectivity index (χ0n) is 11.5. The van der Waals surface area contributed by atoms with Crippen LogP contribution < -0.4 is 5.73 Å². The molecule has 1 aromatic carbocycles. The summed E-state index contributed by atoms with van der Waals surface area (Å²) in [5.74, 6) is 1.09. The first-order valence-corrected chi connectivity index (χ1v) is 7.32. The molecule has 0 aliphatic heterocycles. The number of hydrogen-bond donors (Lipinski definition) is 1. The van der Waals surface area contributed by atoms with Crippen molar-refractivity contribution in [3.63, 3.8) is 0 Å². The SMILES string of the molecule is CC(C)n1c(CC2(N)CCC2)nc2ccc(Cl)cc21. The van der Waals surface area contributed by atoms with Crippen molar-refractivity contribution in [1.82, 2.24) is 9.55 Å². The molecule has 0 amide bonds. The number of nitrogens with two attached hydrogens (primary N) is 1. The molecule has 2 N–H and O–H groups in total. The van der Waals surface area contributed by atoms with Gasteiger partial charge in [-0.2, -0.15) is 0 Å². The molecule has 0 saturated heterocycles. The molecular formula is C15H20ClN3. The topological polar surface area (TPSA) is 43.8 Å². The molecule has 0 radical (unpaired) electrons. The molecule has 1 aliphatic carbocycles. The minimum Gasteiger partial charge on any atom is -0.325 e. The third kappa shape index (κ3) is 2.26. The Morgan fingerprint density at radius 3 is 2.74 bits per heavy atom. The van der Waals surface area contributed by atoms with Gasteiger partial charge in [-0.25, -0.2) is 4.98 Å². The second kappa shape index (κ2) is 4.50. The number of fused-ring (bicyclic) bond motifs is 1. The van der Waals surface area contributed by atoms with Gasteiger partial charge in [0, 0.05) is 23.0 Å². The summed E-state index contributed by atoms with van der Waals surface area (Å²) in [4.78, 5) is 4.77. The molecule has 0 spiro atoms. The lowest BCUT2D eigenvalue weighted by molar-refractivity contribution is 0.240. The Balaban J connectivity index is 2.09. The van der Waals surface area contributed by atoms with Crippen LogP contribution >= 0.6 is 11.6 Å². The molecule has 0 bridgehead atoms. The Kier molecular flexibility index (Phi) is 3.06. The summed E-state index contributed by atoms with van der Waals surface area (Å²) in [6.45, 7) is 4.35. The molecule has 3 nitrogen and oxygen atoms in total. The molecule has 1 aromatic heterocycles. The van der Waals surface area contributed by atoms with E-state index in [0.29, 0.717) is 6.04 Å². The van der Waals surface area contributed by atoms with Crippen molar-refractivity contribution in [3.8, 4) is 0 Å². The number of hydrogen-bond acceptors (Lipinski definition) is 2. The van der Waals surface area contributed by atoms with Crippen molar-refractivity contribution in [1.29, 1.82) is 0 Å². The molecule has 0 unspecified atom stereocenters. The van der Waals surface area contributed by atoms with Gasteiger partial charge in [0.05, 0.1) is 11.0 Å². The van der Waals surface area contributed by atoms with Gasteiger partial charge in [0.2, 0.25) is 0 Å². The number of imidazole rings is 1. The van der Waals surface area contributed by atoms with E-state index in [1.807, 2.05) is 18.2 Å². The van der Waals surface area contributed by atoms with Gasteiger partial charge in [-0.05, 0) is 51.3 Å². The normalized spacial score (nSPS) is 17.9. The van der Waals surface area contributed by atoms with E-state index in [1.54, 1.807) is 0 Å². The van der Waals surface area contributed by atoms with Gasteiger partial charge in [0.1, 0.15) is 5.82 Å². The summed E-state index contributed by atoms with van der Waals surface area (Å²) >= 11 is 6.11. The van der Waals surface area contributed by atoms with E-state index in [2.05, 4.69) is 18.4 Å². The Morgan fingerprint density at radius 1 is 1.42 bits per heavy atom. The fraction of sp³-hybridized carbons (Fsp3) is 0.533. The number of halogens is 1. The van der Waals surface area contributed by atoms with E-state index in [4.69, 9.17) is 22.3 Å². The lowest BCUT2D eigenvalue weighted by Gasteiger charge is -2.38. The molecule has 1 fully saturated rings.